The maximum absolute atomic E-state index is 12.3. The first-order chi connectivity index (χ1) is 17.6. The molecule has 186 valence electrons. The smallest absolute Gasteiger partial charge is 0.228 e. The summed E-state index contributed by atoms with van der Waals surface area (Å²) < 4.78 is 15.5. The first-order valence-corrected chi connectivity index (χ1v) is 12.5. The number of pyridine rings is 1. The van der Waals surface area contributed by atoms with Gasteiger partial charge in [-0.2, -0.15) is 10.2 Å². The van der Waals surface area contributed by atoms with Crippen molar-refractivity contribution in [2.24, 2.45) is 13.0 Å². The SMILES string of the molecule is COc1c(-c2cnn([C@@H]3CCC[C@H]3OC)c2)cccc1-c1nn(C)c2cnc(NC(=O)C3CC3)cc12. The fourth-order valence-electron chi connectivity index (χ4n) is 5.31. The van der Waals surface area contributed by atoms with Gasteiger partial charge in [-0.1, -0.05) is 12.1 Å². The van der Waals surface area contributed by atoms with E-state index >= 15 is 0 Å². The number of rotatable bonds is 7. The number of nitrogens with one attached hydrogen (secondary N) is 1. The highest BCUT2D eigenvalue weighted by Crippen LogP contribution is 2.42. The van der Waals surface area contributed by atoms with Gasteiger partial charge in [-0.05, 0) is 44.2 Å². The molecule has 0 radical (unpaired) electrons. The number of aryl methyl sites for hydroxylation is 1. The Morgan fingerprint density at radius 3 is 2.72 bits per heavy atom. The first-order valence-electron chi connectivity index (χ1n) is 12.5. The second kappa shape index (κ2) is 9.05. The molecule has 2 saturated carbocycles. The Morgan fingerprint density at radius 1 is 1.11 bits per heavy atom. The second-order valence-electron chi connectivity index (χ2n) is 9.69. The molecule has 0 spiro atoms. The molecule has 2 fully saturated rings. The van der Waals surface area contributed by atoms with Crippen molar-refractivity contribution in [3.8, 4) is 28.1 Å². The van der Waals surface area contributed by atoms with Crippen LogP contribution in [0.25, 0.3) is 33.3 Å². The highest BCUT2D eigenvalue weighted by Gasteiger charge is 2.31. The van der Waals surface area contributed by atoms with Gasteiger partial charge in [-0.3, -0.25) is 14.2 Å². The number of amides is 1. The molecule has 2 aliphatic rings. The minimum Gasteiger partial charge on any atom is -0.495 e. The predicted octanol–water partition coefficient (Wildman–Crippen LogP) is 4.60. The summed E-state index contributed by atoms with van der Waals surface area (Å²) >= 11 is 0. The summed E-state index contributed by atoms with van der Waals surface area (Å²) in [6.07, 6.45) is 11.1. The normalized spacial score (nSPS) is 19.6. The Kier molecular flexibility index (Phi) is 5.72. The zero-order valence-corrected chi connectivity index (χ0v) is 20.8. The Labute approximate surface area is 209 Å². The molecule has 36 heavy (non-hydrogen) atoms. The van der Waals surface area contributed by atoms with Gasteiger partial charge in [0.25, 0.3) is 0 Å². The summed E-state index contributed by atoms with van der Waals surface area (Å²) in [6, 6.07) is 8.20. The van der Waals surface area contributed by atoms with Crippen molar-refractivity contribution in [1.82, 2.24) is 24.5 Å². The Balaban J connectivity index is 1.40. The maximum Gasteiger partial charge on any atom is 0.228 e. The molecular weight excluding hydrogens is 456 g/mol. The number of para-hydroxylation sites is 1. The van der Waals surface area contributed by atoms with Gasteiger partial charge in [0.15, 0.2) is 0 Å². The lowest BCUT2D eigenvalue weighted by Gasteiger charge is -2.18. The molecule has 2 aliphatic carbocycles. The van der Waals surface area contributed by atoms with Crippen LogP contribution in [0.5, 0.6) is 5.75 Å². The van der Waals surface area contributed by atoms with Crippen LogP contribution in [0, 0.1) is 5.92 Å². The third-order valence-electron chi connectivity index (χ3n) is 7.38. The van der Waals surface area contributed by atoms with Gasteiger partial charge in [-0.25, -0.2) is 4.98 Å². The molecule has 1 N–H and O–H groups in total. The van der Waals surface area contributed by atoms with Crippen LogP contribution in [0.4, 0.5) is 5.82 Å². The van der Waals surface area contributed by atoms with Crippen LogP contribution in [-0.2, 0) is 16.6 Å². The van der Waals surface area contributed by atoms with Gasteiger partial charge in [0.1, 0.15) is 17.3 Å². The van der Waals surface area contributed by atoms with E-state index in [0.717, 1.165) is 71.1 Å². The lowest BCUT2D eigenvalue weighted by molar-refractivity contribution is -0.117. The fraction of sp³-hybridized carbons (Fsp3) is 0.407. The molecule has 9 nitrogen and oxygen atoms in total. The average molecular weight is 487 g/mol. The summed E-state index contributed by atoms with van der Waals surface area (Å²) in [6.45, 7) is 0. The summed E-state index contributed by atoms with van der Waals surface area (Å²) in [5.74, 6) is 1.40. The van der Waals surface area contributed by atoms with Crippen molar-refractivity contribution < 1.29 is 14.3 Å². The summed E-state index contributed by atoms with van der Waals surface area (Å²) in [4.78, 5) is 16.7. The molecular formula is C27H30N6O3. The van der Waals surface area contributed by atoms with E-state index in [0.29, 0.717) is 5.82 Å². The molecule has 3 aromatic heterocycles. The van der Waals surface area contributed by atoms with Crippen LogP contribution in [-0.4, -0.2) is 50.8 Å². The van der Waals surface area contributed by atoms with E-state index in [-0.39, 0.29) is 24.0 Å². The Morgan fingerprint density at radius 2 is 1.94 bits per heavy atom. The number of carbonyl (C=O) groups is 1. The molecule has 0 aliphatic heterocycles. The minimum atomic E-state index is 0.0295. The van der Waals surface area contributed by atoms with Crippen molar-refractivity contribution in [3.63, 3.8) is 0 Å². The predicted molar refractivity (Wildman–Crippen MR) is 137 cm³/mol. The lowest BCUT2D eigenvalue weighted by Crippen LogP contribution is -2.20. The number of aromatic nitrogens is 5. The third kappa shape index (κ3) is 3.93. The largest absolute Gasteiger partial charge is 0.495 e. The number of hydrogen-bond acceptors (Lipinski definition) is 6. The molecule has 4 aromatic rings. The zero-order valence-electron chi connectivity index (χ0n) is 20.8. The molecule has 0 bridgehead atoms. The molecule has 2 atom stereocenters. The number of nitrogens with zero attached hydrogens (tertiary/aromatic N) is 5. The van der Waals surface area contributed by atoms with E-state index in [9.17, 15) is 4.79 Å². The van der Waals surface area contributed by atoms with E-state index in [4.69, 9.17) is 14.6 Å². The van der Waals surface area contributed by atoms with Crippen molar-refractivity contribution >= 4 is 22.6 Å². The van der Waals surface area contributed by atoms with Crippen LogP contribution in [0.2, 0.25) is 0 Å². The molecule has 1 amide bonds. The summed E-state index contributed by atoms with van der Waals surface area (Å²) in [5, 5.41) is 13.3. The van der Waals surface area contributed by atoms with Crippen LogP contribution in [0.15, 0.2) is 42.9 Å². The van der Waals surface area contributed by atoms with Crippen molar-refractivity contribution in [2.75, 3.05) is 19.5 Å². The molecule has 0 saturated heterocycles. The van der Waals surface area contributed by atoms with E-state index in [1.165, 1.54) is 0 Å². The van der Waals surface area contributed by atoms with Crippen molar-refractivity contribution in [3.05, 3.63) is 42.9 Å². The fourth-order valence-corrected chi connectivity index (χ4v) is 5.31. The molecule has 0 unspecified atom stereocenters. The summed E-state index contributed by atoms with van der Waals surface area (Å²) in [7, 11) is 5.35. The molecule has 1 aromatic carbocycles. The van der Waals surface area contributed by atoms with E-state index in [1.807, 2.05) is 42.2 Å². The van der Waals surface area contributed by atoms with E-state index < -0.39 is 0 Å². The molecule has 9 heteroatoms. The third-order valence-corrected chi connectivity index (χ3v) is 7.38. The highest BCUT2D eigenvalue weighted by atomic mass is 16.5. The first kappa shape index (κ1) is 22.7. The van der Waals surface area contributed by atoms with Gasteiger partial charge < -0.3 is 14.8 Å². The number of benzene rings is 1. The van der Waals surface area contributed by atoms with Crippen LogP contribution in [0.3, 0.4) is 0 Å². The van der Waals surface area contributed by atoms with Gasteiger partial charge in [0.2, 0.25) is 5.91 Å². The topological polar surface area (TPSA) is 96.1 Å². The molecule has 6 rings (SSSR count). The number of ether oxygens (including phenoxy) is 2. The quantitative estimate of drug-likeness (QED) is 0.410. The van der Waals surface area contributed by atoms with Crippen molar-refractivity contribution in [1.29, 1.82) is 0 Å². The van der Waals surface area contributed by atoms with Gasteiger partial charge in [-0.15, -0.1) is 0 Å². The monoisotopic (exact) mass is 486 g/mol. The summed E-state index contributed by atoms with van der Waals surface area (Å²) in [5.41, 5.74) is 4.45. The maximum atomic E-state index is 12.3. The Hall–Kier alpha value is -3.72. The van der Waals surface area contributed by atoms with Crippen LogP contribution < -0.4 is 10.1 Å². The van der Waals surface area contributed by atoms with Gasteiger partial charge in [0.05, 0.1) is 37.2 Å². The standard InChI is InChI=1S/C27H30N6O3/c1-32-22-14-28-24(30-27(34)16-10-11-16)12-20(22)25(31-32)19-7-4-6-18(26(19)36-3)17-13-29-33(15-17)21-8-5-9-23(21)35-2/h4,6-7,12-16,21,23H,5,8-11H2,1-3H3,(H,28,30,34)/t21-,23-/m1/s1. The van der Waals surface area contributed by atoms with E-state index in [1.54, 1.807) is 25.1 Å². The lowest BCUT2D eigenvalue weighted by atomic mass is 10.0. The molecule has 3 heterocycles. The number of anilines is 1. The second-order valence-corrected chi connectivity index (χ2v) is 9.69. The van der Waals surface area contributed by atoms with Gasteiger partial charge in [0, 0.05) is 48.3 Å². The van der Waals surface area contributed by atoms with Gasteiger partial charge >= 0.3 is 0 Å². The zero-order chi connectivity index (χ0) is 24.8. The highest BCUT2D eigenvalue weighted by molar-refractivity contribution is 6.00. The van der Waals surface area contributed by atoms with Crippen molar-refractivity contribution in [2.45, 2.75) is 44.2 Å². The van der Waals surface area contributed by atoms with E-state index in [2.05, 4.69) is 21.6 Å². The average Bonchev–Trinajstić information content (AvgIpc) is 3.31. The minimum absolute atomic E-state index is 0.0295. The number of methoxy groups -OCH3 is 2. The van der Waals surface area contributed by atoms with Crippen LogP contribution >= 0.6 is 0 Å². The number of carbonyl (C=O) groups excluding carboxylic acids is 1. The Bertz CT molecular complexity index is 1440. The number of hydrogen-bond donors (Lipinski definition) is 1. The van der Waals surface area contributed by atoms with Crippen LogP contribution in [0.1, 0.15) is 38.1 Å². The number of fused-ring (bicyclic) bond motifs is 1.